The summed E-state index contributed by atoms with van der Waals surface area (Å²) in [6.07, 6.45) is 0.759. The molecule has 1 aliphatic carbocycles. The number of carbonyl (C=O) groups excluding carboxylic acids is 2. The van der Waals surface area contributed by atoms with Gasteiger partial charge in [0.25, 0.3) is 0 Å². The summed E-state index contributed by atoms with van der Waals surface area (Å²) >= 11 is 0. The highest BCUT2D eigenvalue weighted by Crippen LogP contribution is 2.29. The summed E-state index contributed by atoms with van der Waals surface area (Å²) in [5.74, 6) is -0.534. The Morgan fingerprint density at radius 1 is 1.30 bits per heavy atom. The molecule has 0 aliphatic heterocycles. The molecule has 1 aromatic rings. The fourth-order valence-electron chi connectivity index (χ4n) is 2.51. The molecule has 5 heteroatoms. The van der Waals surface area contributed by atoms with E-state index in [0.29, 0.717) is 0 Å². The van der Waals surface area contributed by atoms with Gasteiger partial charge in [-0.1, -0.05) is 29.8 Å². The summed E-state index contributed by atoms with van der Waals surface area (Å²) < 4.78 is 0. The van der Waals surface area contributed by atoms with Gasteiger partial charge in [0.05, 0.1) is 11.6 Å². The Hall–Kier alpha value is -1.88. The first-order valence-electron chi connectivity index (χ1n) is 8.08. The van der Waals surface area contributed by atoms with Crippen LogP contribution in [0.5, 0.6) is 0 Å². The molecule has 0 heterocycles. The van der Waals surface area contributed by atoms with Gasteiger partial charge < -0.3 is 15.7 Å². The molecule has 1 fully saturated rings. The van der Waals surface area contributed by atoms with Gasteiger partial charge in [0.2, 0.25) is 11.8 Å². The van der Waals surface area contributed by atoms with Crippen LogP contribution in [-0.2, 0) is 15.1 Å². The summed E-state index contributed by atoms with van der Waals surface area (Å²) in [7, 11) is 0. The standard InChI is InChI=1S/C18H26N2O3/c1-11-6-5-7-14(10-11)18(3,4)20-17(23)15(12(2)21)19-16(22)13-8-9-13/h5-7,10,12-13,15,21H,8-9H2,1-4H3,(H,19,22)(H,20,23). The molecule has 2 unspecified atom stereocenters. The Labute approximate surface area is 137 Å². The van der Waals surface area contributed by atoms with E-state index in [4.69, 9.17) is 0 Å². The summed E-state index contributed by atoms with van der Waals surface area (Å²) in [6.45, 7) is 7.32. The molecule has 3 N–H and O–H groups in total. The fraction of sp³-hybridized carbons (Fsp3) is 0.556. The zero-order chi connectivity index (χ0) is 17.2. The zero-order valence-electron chi connectivity index (χ0n) is 14.2. The van der Waals surface area contributed by atoms with Gasteiger partial charge >= 0.3 is 0 Å². The number of carbonyl (C=O) groups is 2. The van der Waals surface area contributed by atoms with Crippen LogP contribution in [0.3, 0.4) is 0 Å². The Bertz CT molecular complexity index is 592. The van der Waals surface area contributed by atoms with E-state index in [1.807, 2.05) is 45.0 Å². The van der Waals surface area contributed by atoms with Gasteiger partial charge in [-0.25, -0.2) is 0 Å². The average Bonchev–Trinajstić information content (AvgIpc) is 3.28. The summed E-state index contributed by atoms with van der Waals surface area (Å²) in [5.41, 5.74) is 1.49. The van der Waals surface area contributed by atoms with E-state index >= 15 is 0 Å². The third kappa shape index (κ3) is 4.55. The number of aliphatic hydroxyl groups is 1. The second-order valence-electron chi connectivity index (χ2n) is 6.98. The van der Waals surface area contributed by atoms with E-state index < -0.39 is 17.7 Å². The lowest BCUT2D eigenvalue weighted by Gasteiger charge is -2.30. The highest BCUT2D eigenvalue weighted by atomic mass is 16.3. The maximum absolute atomic E-state index is 12.6. The SMILES string of the molecule is Cc1cccc(C(C)(C)NC(=O)C(NC(=O)C2CC2)C(C)O)c1. The monoisotopic (exact) mass is 318 g/mol. The van der Waals surface area contributed by atoms with Crippen molar-refractivity contribution in [3.8, 4) is 0 Å². The third-order valence-electron chi connectivity index (χ3n) is 4.19. The van der Waals surface area contributed by atoms with Gasteiger partial charge in [-0.05, 0) is 46.1 Å². The molecular formula is C18H26N2O3. The molecule has 1 saturated carbocycles. The number of aliphatic hydroxyl groups excluding tert-OH is 1. The smallest absolute Gasteiger partial charge is 0.245 e. The minimum atomic E-state index is -0.953. The second-order valence-corrected chi connectivity index (χ2v) is 6.98. The van der Waals surface area contributed by atoms with Gasteiger partial charge in [0, 0.05) is 5.92 Å². The molecule has 1 aliphatic rings. The van der Waals surface area contributed by atoms with Crippen molar-refractivity contribution in [3.63, 3.8) is 0 Å². The summed E-state index contributed by atoms with van der Waals surface area (Å²) in [4.78, 5) is 24.5. The third-order valence-corrected chi connectivity index (χ3v) is 4.19. The molecule has 5 nitrogen and oxygen atoms in total. The largest absolute Gasteiger partial charge is 0.391 e. The maximum atomic E-state index is 12.6. The minimum Gasteiger partial charge on any atom is -0.391 e. The number of hydrogen-bond donors (Lipinski definition) is 3. The van der Waals surface area contributed by atoms with Crippen LogP contribution in [0.2, 0.25) is 0 Å². The van der Waals surface area contributed by atoms with Crippen LogP contribution < -0.4 is 10.6 Å². The minimum absolute atomic E-state index is 0.00571. The highest BCUT2D eigenvalue weighted by molar-refractivity contribution is 5.90. The van der Waals surface area contributed by atoms with Crippen LogP contribution in [-0.4, -0.2) is 29.1 Å². The van der Waals surface area contributed by atoms with Crippen LogP contribution in [0.4, 0.5) is 0 Å². The van der Waals surface area contributed by atoms with Crippen LogP contribution in [0.1, 0.15) is 44.7 Å². The number of hydrogen-bond acceptors (Lipinski definition) is 3. The quantitative estimate of drug-likeness (QED) is 0.746. The van der Waals surface area contributed by atoms with Crippen LogP contribution in [0.25, 0.3) is 0 Å². The van der Waals surface area contributed by atoms with Gasteiger partial charge in [0.15, 0.2) is 0 Å². The molecule has 126 valence electrons. The lowest BCUT2D eigenvalue weighted by Crippen LogP contribution is -2.56. The van der Waals surface area contributed by atoms with Crippen molar-refractivity contribution in [2.45, 2.75) is 58.2 Å². The van der Waals surface area contributed by atoms with Crippen molar-refractivity contribution >= 4 is 11.8 Å². The lowest BCUT2D eigenvalue weighted by atomic mass is 9.92. The Morgan fingerprint density at radius 3 is 2.48 bits per heavy atom. The van der Waals surface area contributed by atoms with Crippen molar-refractivity contribution in [3.05, 3.63) is 35.4 Å². The number of nitrogens with one attached hydrogen (secondary N) is 2. The Morgan fingerprint density at radius 2 is 1.96 bits per heavy atom. The molecular weight excluding hydrogens is 292 g/mol. The molecule has 2 atom stereocenters. The number of aryl methyl sites for hydroxylation is 1. The van der Waals surface area contributed by atoms with Crippen LogP contribution >= 0.6 is 0 Å². The van der Waals surface area contributed by atoms with Gasteiger partial charge in [-0.2, -0.15) is 0 Å². The van der Waals surface area contributed by atoms with E-state index in [1.165, 1.54) is 6.92 Å². The second kappa shape index (κ2) is 6.71. The van der Waals surface area contributed by atoms with E-state index in [-0.39, 0.29) is 17.7 Å². The normalized spacial score (nSPS) is 17.3. The molecule has 0 spiro atoms. The summed E-state index contributed by atoms with van der Waals surface area (Å²) in [6, 6.07) is 6.97. The van der Waals surface area contributed by atoms with Crippen LogP contribution in [0, 0.1) is 12.8 Å². The predicted octanol–water partition coefficient (Wildman–Crippen LogP) is 1.62. The van der Waals surface area contributed by atoms with Gasteiger partial charge in [0.1, 0.15) is 6.04 Å². The van der Waals surface area contributed by atoms with E-state index in [9.17, 15) is 14.7 Å². The molecule has 0 aromatic heterocycles. The van der Waals surface area contributed by atoms with Crippen molar-refractivity contribution in [2.24, 2.45) is 5.92 Å². The molecule has 2 amide bonds. The van der Waals surface area contributed by atoms with Crippen molar-refractivity contribution in [1.29, 1.82) is 0 Å². The van der Waals surface area contributed by atoms with Crippen molar-refractivity contribution in [2.75, 3.05) is 0 Å². The average molecular weight is 318 g/mol. The van der Waals surface area contributed by atoms with E-state index in [2.05, 4.69) is 10.6 Å². The fourth-order valence-corrected chi connectivity index (χ4v) is 2.51. The summed E-state index contributed by atoms with van der Waals surface area (Å²) in [5, 5.41) is 15.5. The Balaban J connectivity index is 2.08. The first kappa shape index (κ1) is 17.5. The first-order valence-corrected chi connectivity index (χ1v) is 8.08. The lowest BCUT2D eigenvalue weighted by molar-refractivity contribution is -0.133. The number of rotatable bonds is 6. The zero-order valence-corrected chi connectivity index (χ0v) is 14.2. The van der Waals surface area contributed by atoms with Crippen molar-refractivity contribution in [1.82, 2.24) is 10.6 Å². The molecule has 2 rings (SSSR count). The van der Waals surface area contributed by atoms with E-state index in [0.717, 1.165) is 24.0 Å². The molecule has 0 saturated heterocycles. The van der Waals surface area contributed by atoms with Crippen LogP contribution in [0.15, 0.2) is 24.3 Å². The molecule has 23 heavy (non-hydrogen) atoms. The molecule has 0 radical (unpaired) electrons. The predicted molar refractivity (Wildman–Crippen MR) is 88.7 cm³/mol. The van der Waals surface area contributed by atoms with Gasteiger partial charge in [-0.15, -0.1) is 0 Å². The topological polar surface area (TPSA) is 78.4 Å². The maximum Gasteiger partial charge on any atom is 0.245 e. The van der Waals surface area contributed by atoms with Crippen molar-refractivity contribution < 1.29 is 14.7 Å². The van der Waals surface area contributed by atoms with E-state index in [1.54, 1.807) is 0 Å². The molecule has 1 aromatic carbocycles. The number of amides is 2. The van der Waals surface area contributed by atoms with Gasteiger partial charge in [-0.3, -0.25) is 9.59 Å². The highest BCUT2D eigenvalue weighted by Gasteiger charge is 2.35. The molecule has 0 bridgehead atoms. The number of benzene rings is 1. The Kier molecular flexibility index (Phi) is 5.09. The first-order chi connectivity index (χ1) is 10.7.